The van der Waals surface area contributed by atoms with E-state index in [0.29, 0.717) is 15.8 Å². The number of quaternary nitrogens is 1. The number of aliphatic hydroxyl groups excluding tert-OH is 1. The van der Waals surface area contributed by atoms with E-state index >= 15 is 0 Å². The standard InChI is InChI=1S/C14H20Cl2NO2/c1-17(6-2-3-7-17)9-12(18)10-19-14-5-4-11(15)8-13(14)16/h4-5,8,12,18H,2-3,6-7,9-10H2,1H3/q+1/t12-/m0/s1. The number of rotatable bonds is 5. The predicted octanol–water partition coefficient (Wildman–Crippen LogP) is 2.97. The summed E-state index contributed by atoms with van der Waals surface area (Å²) < 4.78 is 6.49. The zero-order chi connectivity index (χ0) is 13.9. The van der Waals surface area contributed by atoms with Gasteiger partial charge in [-0.05, 0) is 18.2 Å². The number of aliphatic hydroxyl groups is 1. The molecule has 1 aliphatic rings. The molecule has 0 bridgehead atoms. The second-order valence-electron chi connectivity index (χ2n) is 5.50. The van der Waals surface area contributed by atoms with Crippen LogP contribution in [0, 0.1) is 0 Å². The van der Waals surface area contributed by atoms with Crippen molar-refractivity contribution in [2.24, 2.45) is 0 Å². The Kier molecular flexibility index (Phi) is 4.96. The lowest BCUT2D eigenvalue weighted by Crippen LogP contribution is -2.47. The number of likely N-dealkylation sites (N-methyl/N-ethyl adjacent to an activating group) is 1. The molecule has 1 saturated heterocycles. The first-order chi connectivity index (χ1) is 8.98. The van der Waals surface area contributed by atoms with E-state index in [-0.39, 0.29) is 6.61 Å². The maximum absolute atomic E-state index is 10.1. The Balaban J connectivity index is 1.84. The third kappa shape index (κ3) is 4.25. The average Bonchev–Trinajstić information content (AvgIpc) is 2.74. The molecule has 1 fully saturated rings. The van der Waals surface area contributed by atoms with Crippen molar-refractivity contribution in [1.29, 1.82) is 0 Å². The molecule has 1 atom stereocenters. The topological polar surface area (TPSA) is 29.5 Å². The van der Waals surface area contributed by atoms with Gasteiger partial charge in [0.1, 0.15) is 25.0 Å². The number of likely N-dealkylation sites (tertiary alicyclic amines) is 1. The number of ether oxygens (including phenoxy) is 1. The molecule has 1 aliphatic heterocycles. The summed E-state index contributed by atoms with van der Waals surface area (Å²) in [5.41, 5.74) is 0. The van der Waals surface area contributed by atoms with Gasteiger partial charge < -0.3 is 14.3 Å². The SMILES string of the molecule is C[N+]1(C[C@H](O)COc2ccc(Cl)cc2Cl)CCCC1. The van der Waals surface area contributed by atoms with E-state index in [9.17, 15) is 5.11 Å². The zero-order valence-corrected chi connectivity index (χ0v) is 12.6. The van der Waals surface area contributed by atoms with Gasteiger partial charge in [-0.15, -0.1) is 0 Å². The van der Waals surface area contributed by atoms with E-state index in [4.69, 9.17) is 27.9 Å². The van der Waals surface area contributed by atoms with Crippen LogP contribution in [0.5, 0.6) is 5.75 Å². The maximum Gasteiger partial charge on any atom is 0.138 e. The normalized spacial score (nSPS) is 19.4. The molecule has 0 unspecified atom stereocenters. The largest absolute Gasteiger partial charge is 0.489 e. The Labute approximate surface area is 124 Å². The number of hydrogen-bond donors (Lipinski definition) is 1. The fourth-order valence-corrected chi connectivity index (χ4v) is 3.08. The van der Waals surface area contributed by atoms with Crippen molar-refractivity contribution in [1.82, 2.24) is 0 Å². The van der Waals surface area contributed by atoms with Gasteiger partial charge in [0.15, 0.2) is 0 Å². The summed E-state index contributed by atoms with van der Waals surface area (Å²) >= 11 is 11.8. The Hall–Kier alpha value is -0.480. The van der Waals surface area contributed by atoms with Crippen molar-refractivity contribution in [2.75, 3.05) is 33.3 Å². The van der Waals surface area contributed by atoms with E-state index in [1.54, 1.807) is 18.2 Å². The molecule has 0 aliphatic carbocycles. The molecular formula is C14H20Cl2NO2+. The molecule has 0 spiro atoms. The summed E-state index contributed by atoms with van der Waals surface area (Å²) in [4.78, 5) is 0. The number of hydrogen-bond acceptors (Lipinski definition) is 2. The molecule has 0 amide bonds. The minimum absolute atomic E-state index is 0.259. The zero-order valence-electron chi connectivity index (χ0n) is 11.1. The van der Waals surface area contributed by atoms with Gasteiger partial charge in [0.25, 0.3) is 0 Å². The lowest BCUT2D eigenvalue weighted by molar-refractivity contribution is -0.900. The van der Waals surface area contributed by atoms with E-state index in [2.05, 4.69) is 7.05 Å². The van der Waals surface area contributed by atoms with Gasteiger partial charge in [0.2, 0.25) is 0 Å². The minimum Gasteiger partial charge on any atom is -0.489 e. The highest BCUT2D eigenvalue weighted by molar-refractivity contribution is 6.35. The van der Waals surface area contributed by atoms with E-state index in [1.165, 1.54) is 12.8 Å². The van der Waals surface area contributed by atoms with Crippen LogP contribution in [-0.4, -0.2) is 49.0 Å². The van der Waals surface area contributed by atoms with Crippen molar-refractivity contribution < 1.29 is 14.3 Å². The van der Waals surface area contributed by atoms with Crippen molar-refractivity contribution >= 4 is 23.2 Å². The Bertz CT molecular complexity index is 433. The van der Waals surface area contributed by atoms with Crippen molar-refractivity contribution in [3.63, 3.8) is 0 Å². The number of benzene rings is 1. The molecule has 5 heteroatoms. The quantitative estimate of drug-likeness (QED) is 0.848. The third-order valence-corrected chi connectivity index (χ3v) is 4.15. The molecule has 0 radical (unpaired) electrons. The smallest absolute Gasteiger partial charge is 0.138 e. The van der Waals surface area contributed by atoms with Gasteiger partial charge >= 0.3 is 0 Å². The molecule has 106 valence electrons. The van der Waals surface area contributed by atoms with Crippen LogP contribution in [0.2, 0.25) is 10.0 Å². The molecule has 0 aromatic heterocycles. The van der Waals surface area contributed by atoms with Gasteiger partial charge in [-0.2, -0.15) is 0 Å². The van der Waals surface area contributed by atoms with Crippen LogP contribution in [0.3, 0.4) is 0 Å². The van der Waals surface area contributed by atoms with Crippen LogP contribution in [0.25, 0.3) is 0 Å². The lowest BCUT2D eigenvalue weighted by atomic mass is 10.3. The van der Waals surface area contributed by atoms with Crippen LogP contribution >= 0.6 is 23.2 Å². The molecule has 1 aromatic carbocycles. The van der Waals surface area contributed by atoms with Gasteiger partial charge in [-0.1, -0.05) is 23.2 Å². The fraction of sp³-hybridized carbons (Fsp3) is 0.571. The van der Waals surface area contributed by atoms with Gasteiger partial charge in [-0.25, -0.2) is 0 Å². The van der Waals surface area contributed by atoms with Crippen LogP contribution < -0.4 is 4.74 Å². The van der Waals surface area contributed by atoms with Crippen molar-refractivity contribution in [3.05, 3.63) is 28.2 Å². The molecular weight excluding hydrogens is 285 g/mol. The fourth-order valence-electron chi connectivity index (χ4n) is 2.62. The van der Waals surface area contributed by atoms with Gasteiger partial charge in [-0.3, -0.25) is 0 Å². The molecule has 19 heavy (non-hydrogen) atoms. The first-order valence-electron chi connectivity index (χ1n) is 6.58. The van der Waals surface area contributed by atoms with Crippen LogP contribution in [0.15, 0.2) is 18.2 Å². The highest BCUT2D eigenvalue weighted by atomic mass is 35.5. The molecule has 2 rings (SSSR count). The molecule has 1 heterocycles. The highest BCUT2D eigenvalue weighted by Crippen LogP contribution is 2.27. The first kappa shape index (κ1) is 14.9. The van der Waals surface area contributed by atoms with Gasteiger partial charge in [0.05, 0.1) is 25.2 Å². The third-order valence-electron chi connectivity index (χ3n) is 3.62. The second kappa shape index (κ2) is 6.31. The summed E-state index contributed by atoms with van der Waals surface area (Å²) in [7, 11) is 2.19. The summed E-state index contributed by atoms with van der Waals surface area (Å²) in [6.07, 6.45) is 2.01. The average molecular weight is 305 g/mol. The van der Waals surface area contributed by atoms with Crippen molar-refractivity contribution in [3.8, 4) is 5.75 Å². The second-order valence-corrected chi connectivity index (χ2v) is 6.34. The first-order valence-corrected chi connectivity index (χ1v) is 7.34. The summed E-state index contributed by atoms with van der Waals surface area (Å²) in [5, 5.41) is 11.1. The van der Waals surface area contributed by atoms with Crippen LogP contribution in [0.4, 0.5) is 0 Å². The summed E-state index contributed by atoms with van der Waals surface area (Å²) in [5.74, 6) is 0.564. The Morgan fingerprint density at radius 2 is 2.00 bits per heavy atom. The molecule has 0 saturated carbocycles. The van der Waals surface area contributed by atoms with E-state index in [1.807, 2.05) is 0 Å². The molecule has 3 nitrogen and oxygen atoms in total. The predicted molar refractivity (Wildman–Crippen MR) is 78.0 cm³/mol. The van der Waals surface area contributed by atoms with Crippen LogP contribution in [-0.2, 0) is 0 Å². The molecule has 1 aromatic rings. The number of nitrogens with zero attached hydrogens (tertiary/aromatic N) is 1. The van der Waals surface area contributed by atoms with Gasteiger partial charge in [0, 0.05) is 17.9 Å². The molecule has 1 N–H and O–H groups in total. The maximum atomic E-state index is 10.1. The van der Waals surface area contributed by atoms with Crippen molar-refractivity contribution in [2.45, 2.75) is 18.9 Å². The lowest BCUT2D eigenvalue weighted by Gasteiger charge is -2.31. The highest BCUT2D eigenvalue weighted by Gasteiger charge is 2.29. The monoisotopic (exact) mass is 304 g/mol. The number of halogens is 2. The van der Waals surface area contributed by atoms with E-state index in [0.717, 1.165) is 24.1 Å². The van der Waals surface area contributed by atoms with E-state index < -0.39 is 6.10 Å². The summed E-state index contributed by atoms with van der Waals surface area (Å²) in [6.45, 7) is 3.26. The van der Waals surface area contributed by atoms with Crippen LogP contribution in [0.1, 0.15) is 12.8 Å². The summed E-state index contributed by atoms with van der Waals surface area (Å²) in [6, 6.07) is 5.09. The Morgan fingerprint density at radius 3 is 2.63 bits per heavy atom. The minimum atomic E-state index is -0.477. The Morgan fingerprint density at radius 1 is 1.32 bits per heavy atom.